The number of ether oxygens (including phenoxy) is 1. The lowest BCUT2D eigenvalue weighted by atomic mass is 10.2. The lowest BCUT2D eigenvalue weighted by molar-refractivity contribution is 0.373. The zero-order valence-electron chi connectivity index (χ0n) is 13.7. The summed E-state index contributed by atoms with van der Waals surface area (Å²) in [6, 6.07) is 15.7. The maximum atomic E-state index is 9.82. The number of aromatic nitrogens is 1. The lowest BCUT2D eigenvalue weighted by Gasteiger charge is -2.07. The highest BCUT2D eigenvalue weighted by Gasteiger charge is 2.09. The van der Waals surface area contributed by atoms with Crippen molar-refractivity contribution < 1.29 is 9.84 Å². The number of nitrogens with zero attached hydrogens (tertiary/aromatic N) is 1. The van der Waals surface area contributed by atoms with E-state index in [0.29, 0.717) is 12.3 Å². The van der Waals surface area contributed by atoms with E-state index >= 15 is 0 Å². The van der Waals surface area contributed by atoms with E-state index in [1.54, 1.807) is 30.6 Å². The molecule has 0 bridgehead atoms. The van der Waals surface area contributed by atoms with Crippen molar-refractivity contribution in [1.29, 1.82) is 0 Å². The number of methoxy groups -OCH3 is 1. The third-order valence-corrected chi connectivity index (χ3v) is 4.98. The highest BCUT2D eigenvalue weighted by Crippen LogP contribution is 2.28. The molecule has 0 saturated heterocycles. The third kappa shape index (κ3) is 3.75. The van der Waals surface area contributed by atoms with Gasteiger partial charge in [0.1, 0.15) is 5.01 Å². The van der Waals surface area contributed by atoms with Gasteiger partial charge in [0.15, 0.2) is 11.5 Å². The molecule has 2 N–H and O–H groups in total. The Kier molecular flexibility index (Phi) is 5.13. The molecule has 3 rings (SSSR count). The number of phenolic OH excluding ortho intramolecular Hbond substituents is 1. The van der Waals surface area contributed by atoms with Crippen LogP contribution in [0.5, 0.6) is 11.5 Å². The van der Waals surface area contributed by atoms with Gasteiger partial charge in [-0.15, -0.1) is 11.3 Å². The quantitative estimate of drug-likeness (QED) is 0.709. The number of aryl methyl sites for hydroxylation is 1. The van der Waals surface area contributed by atoms with E-state index < -0.39 is 0 Å². The summed E-state index contributed by atoms with van der Waals surface area (Å²) in [6.45, 7) is 3.47. The SMILES string of the molecule is COc1ccc(CNCc2sc(-c3ccccc3)nc2C)cc1O. The van der Waals surface area contributed by atoms with Gasteiger partial charge < -0.3 is 15.2 Å². The average Bonchev–Trinajstić information content (AvgIpc) is 2.97. The number of phenols is 1. The zero-order valence-corrected chi connectivity index (χ0v) is 14.6. The van der Waals surface area contributed by atoms with Gasteiger partial charge >= 0.3 is 0 Å². The first-order valence-electron chi connectivity index (χ1n) is 7.75. The number of hydrogen-bond acceptors (Lipinski definition) is 5. The molecule has 1 aromatic heterocycles. The normalized spacial score (nSPS) is 10.8. The fraction of sp³-hybridized carbons (Fsp3) is 0.211. The van der Waals surface area contributed by atoms with Crippen LogP contribution in [0.15, 0.2) is 48.5 Å². The van der Waals surface area contributed by atoms with Crippen molar-refractivity contribution in [3.63, 3.8) is 0 Å². The smallest absolute Gasteiger partial charge is 0.160 e. The first kappa shape index (κ1) is 16.5. The van der Waals surface area contributed by atoms with Crippen molar-refractivity contribution in [2.75, 3.05) is 7.11 Å². The Hall–Kier alpha value is -2.37. The molecule has 0 unspecified atom stereocenters. The van der Waals surface area contributed by atoms with E-state index in [9.17, 15) is 5.11 Å². The van der Waals surface area contributed by atoms with Gasteiger partial charge in [0.2, 0.25) is 0 Å². The van der Waals surface area contributed by atoms with E-state index in [0.717, 1.165) is 28.4 Å². The second-order valence-corrected chi connectivity index (χ2v) is 6.59. The van der Waals surface area contributed by atoms with Gasteiger partial charge in [0, 0.05) is 23.5 Å². The van der Waals surface area contributed by atoms with Crippen molar-refractivity contribution in [3.05, 3.63) is 64.7 Å². The molecule has 0 aliphatic carbocycles. The first-order valence-corrected chi connectivity index (χ1v) is 8.57. The van der Waals surface area contributed by atoms with Crippen LogP contribution < -0.4 is 10.1 Å². The zero-order chi connectivity index (χ0) is 16.9. The fourth-order valence-corrected chi connectivity index (χ4v) is 3.50. The van der Waals surface area contributed by atoms with Gasteiger partial charge in [0.25, 0.3) is 0 Å². The van der Waals surface area contributed by atoms with E-state index in [1.165, 1.54) is 4.88 Å². The van der Waals surface area contributed by atoms with Crippen molar-refractivity contribution in [2.24, 2.45) is 0 Å². The topological polar surface area (TPSA) is 54.4 Å². The third-order valence-electron chi connectivity index (χ3n) is 3.77. The molecule has 0 aliphatic rings. The van der Waals surface area contributed by atoms with E-state index in [1.807, 2.05) is 31.2 Å². The van der Waals surface area contributed by atoms with Crippen LogP contribution in [0.4, 0.5) is 0 Å². The minimum atomic E-state index is 0.164. The number of nitrogens with one attached hydrogen (secondary N) is 1. The van der Waals surface area contributed by atoms with Crippen LogP contribution in [0.3, 0.4) is 0 Å². The molecule has 0 fully saturated rings. The molecule has 5 heteroatoms. The molecule has 2 aromatic carbocycles. The van der Waals surface area contributed by atoms with Crippen molar-refractivity contribution in [2.45, 2.75) is 20.0 Å². The van der Waals surface area contributed by atoms with Crippen LogP contribution in [-0.2, 0) is 13.1 Å². The molecule has 0 saturated carbocycles. The summed E-state index contributed by atoms with van der Waals surface area (Å²) in [4.78, 5) is 5.89. The Morgan fingerprint density at radius 2 is 1.92 bits per heavy atom. The summed E-state index contributed by atoms with van der Waals surface area (Å²) in [5.41, 5.74) is 3.22. The Morgan fingerprint density at radius 1 is 1.12 bits per heavy atom. The second-order valence-electron chi connectivity index (χ2n) is 5.50. The highest BCUT2D eigenvalue weighted by molar-refractivity contribution is 7.15. The molecule has 24 heavy (non-hydrogen) atoms. The summed E-state index contributed by atoms with van der Waals surface area (Å²) in [7, 11) is 1.55. The molecular weight excluding hydrogens is 320 g/mol. The largest absolute Gasteiger partial charge is 0.504 e. The number of hydrogen-bond donors (Lipinski definition) is 2. The van der Waals surface area contributed by atoms with Crippen LogP contribution in [0.25, 0.3) is 10.6 Å². The number of benzene rings is 2. The van der Waals surface area contributed by atoms with Gasteiger partial charge in [-0.25, -0.2) is 4.98 Å². The summed E-state index contributed by atoms with van der Waals surface area (Å²) >= 11 is 1.71. The van der Waals surface area contributed by atoms with Gasteiger partial charge in [-0.05, 0) is 24.6 Å². The average molecular weight is 340 g/mol. The van der Waals surface area contributed by atoms with Crippen LogP contribution in [0.1, 0.15) is 16.1 Å². The predicted molar refractivity (Wildman–Crippen MR) is 97.5 cm³/mol. The molecule has 0 radical (unpaired) electrons. The maximum Gasteiger partial charge on any atom is 0.160 e. The van der Waals surface area contributed by atoms with E-state index in [-0.39, 0.29) is 5.75 Å². The molecule has 1 heterocycles. The van der Waals surface area contributed by atoms with Gasteiger partial charge in [-0.3, -0.25) is 0 Å². The molecule has 3 aromatic rings. The van der Waals surface area contributed by atoms with Gasteiger partial charge in [-0.1, -0.05) is 36.4 Å². The number of rotatable bonds is 6. The predicted octanol–water partition coefficient (Wildman–Crippen LogP) is 4.12. The van der Waals surface area contributed by atoms with Crippen LogP contribution in [0.2, 0.25) is 0 Å². The van der Waals surface area contributed by atoms with E-state index in [2.05, 4.69) is 22.4 Å². The molecule has 4 nitrogen and oxygen atoms in total. The second kappa shape index (κ2) is 7.47. The summed E-state index contributed by atoms with van der Waals surface area (Å²) < 4.78 is 5.06. The molecule has 0 atom stereocenters. The Labute approximate surface area is 145 Å². The Balaban J connectivity index is 1.63. The van der Waals surface area contributed by atoms with Crippen LogP contribution in [0, 0.1) is 6.92 Å². The van der Waals surface area contributed by atoms with E-state index in [4.69, 9.17) is 4.74 Å². The molecule has 0 spiro atoms. The van der Waals surface area contributed by atoms with Crippen LogP contribution >= 0.6 is 11.3 Å². The highest BCUT2D eigenvalue weighted by atomic mass is 32.1. The number of thiazole rings is 1. The number of aromatic hydroxyl groups is 1. The summed E-state index contributed by atoms with van der Waals surface area (Å²) in [6.07, 6.45) is 0. The summed E-state index contributed by atoms with van der Waals surface area (Å²) in [5.74, 6) is 0.654. The maximum absolute atomic E-state index is 9.82. The fourth-order valence-electron chi connectivity index (χ4n) is 2.46. The standard InChI is InChI=1S/C19H20N2O2S/c1-13-18(24-19(21-13)15-6-4-3-5-7-15)12-20-11-14-8-9-17(23-2)16(22)10-14/h3-10,20,22H,11-12H2,1-2H3. The van der Waals surface area contributed by atoms with Crippen molar-refractivity contribution in [1.82, 2.24) is 10.3 Å². The lowest BCUT2D eigenvalue weighted by Crippen LogP contribution is -2.12. The van der Waals surface area contributed by atoms with Crippen molar-refractivity contribution >= 4 is 11.3 Å². The molecular formula is C19H20N2O2S. The Bertz CT molecular complexity index is 815. The van der Waals surface area contributed by atoms with Crippen molar-refractivity contribution in [3.8, 4) is 22.1 Å². The van der Waals surface area contributed by atoms with Gasteiger partial charge in [0.05, 0.1) is 12.8 Å². The molecule has 0 aliphatic heterocycles. The molecule has 0 amide bonds. The minimum absolute atomic E-state index is 0.164. The monoisotopic (exact) mass is 340 g/mol. The summed E-state index contributed by atoms with van der Waals surface area (Å²) in [5, 5.41) is 14.3. The van der Waals surface area contributed by atoms with Gasteiger partial charge in [-0.2, -0.15) is 0 Å². The Morgan fingerprint density at radius 3 is 2.62 bits per heavy atom. The van der Waals surface area contributed by atoms with Crippen LogP contribution in [-0.4, -0.2) is 17.2 Å². The molecule has 124 valence electrons. The minimum Gasteiger partial charge on any atom is -0.504 e. The first-order chi connectivity index (χ1) is 11.7.